The zero-order valence-electron chi connectivity index (χ0n) is 45.3. The Morgan fingerprint density at radius 3 is 1.64 bits per heavy atom. The smallest absolute Gasteiger partial charge is 0.357 e. The number of fused-ring (bicyclic) bond motifs is 3. The topological polar surface area (TPSA) is 222 Å². The van der Waals surface area contributed by atoms with E-state index in [1.165, 1.54) is 32.5 Å². The van der Waals surface area contributed by atoms with Crippen molar-refractivity contribution in [3.05, 3.63) is 173 Å². The molecule has 0 radical (unpaired) electrons. The minimum atomic E-state index is -0.748. The second-order valence-electron chi connectivity index (χ2n) is 17.8. The van der Waals surface area contributed by atoms with Gasteiger partial charge in [0.15, 0.2) is 17.2 Å². The summed E-state index contributed by atoms with van der Waals surface area (Å²) in [7, 11) is 2.43. The number of esters is 4. The molecular weight excluding hydrogens is 1040 g/mol. The van der Waals surface area contributed by atoms with Crippen LogP contribution in [-0.2, 0) is 52.8 Å². The van der Waals surface area contributed by atoms with Crippen molar-refractivity contribution in [2.24, 2.45) is 0 Å². The Morgan fingerprint density at radius 1 is 0.605 bits per heavy atom. The Labute approximate surface area is 468 Å². The summed E-state index contributed by atoms with van der Waals surface area (Å²) in [5, 5.41) is 0. The highest BCUT2D eigenvalue weighted by atomic mass is 16.6. The second-order valence-corrected chi connectivity index (χ2v) is 17.8. The van der Waals surface area contributed by atoms with Gasteiger partial charge in [-0.25, -0.2) is 29.2 Å². The molecule has 4 aromatic carbocycles. The third-order valence-electron chi connectivity index (χ3n) is 12.5. The van der Waals surface area contributed by atoms with E-state index in [9.17, 15) is 19.2 Å². The molecule has 3 aliphatic rings. The van der Waals surface area contributed by atoms with E-state index in [0.29, 0.717) is 72.5 Å². The predicted molar refractivity (Wildman–Crippen MR) is 299 cm³/mol. The molecule has 0 unspecified atom stereocenters. The summed E-state index contributed by atoms with van der Waals surface area (Å²) in [6.45, 7) is 22.2. The van der Waals surface area contributed by atoms with Gasteiger partial charge in [0.2, 0.25) is 29.2 Å². The molecule has 0 spiro atoms. The number of carbonyl (C=O) groups is 4. The molecule has 0 saturated heterocycles. The monoisotopic (exact) mass is 1090 g/mol. The van der Waals surface area contributed by atoms with Crippen LogP contribution in [0.2, 0.25) is 20.5 Å². The number of methoxy groups -OCH3 is 2. The molecule has 23 heteroatoms. The molecule has 6 heterocycles. The maximum absolute atomic E-state index is 11.9. The molecule has 0 bridgehead atoms. The SMILES string of the molecule is C=COC(=O)c1ccc(Oc2ccc3c(c2)COB3C)nc1OCC.COC(=O)c1ccc(Oc2ccc3c(c2)COB3C)nc1C(=O)OC.[C-]#[N+]c1ccc(Oc2cc(OC(=O)CC)ccc2Oc2ccc3c(c2)COB3C)nc1. The first kappa shape index (κ1) is 57.7. The van der Waals surface area contributed by atoms with Gasteiger partial charge in [-0.3, -0.25) is 4.79 Å². The fourth-order valence-electron chi connectivity index (χ4n) is 8.36. The summed E-state index contributed by atoms with van der Waals surface area (Å²) in [6, 6.07) is 31.3. The predicted octanol–water partition coefficient (Wildman–Crippen LogP) is 9.63. The van der Waals surface area contributed by atoms with Crippen LogP contribution in [0.4, 0.5) is 5.69 Å². The van der Waals surface area contributed by atoms with E-state index in [2.05, 4.69) is 35.8 Å². The first-order chi connectivity index (χ1) is 39.2. The van der Waals surface area contributed by atoms with Gasteiger partial charge in [-0.1, -0.05) is 52.2 Å². The molecule has 81 heavy (non-hydrogen) atoms. The average Bonchev–Trinajstić information content (AvgIpc) is 4.19. The summed E-state index contributed by atoms with van der Waals surface area (Å²) in [5.74, 6) is 1.51. The number of ether oxygens (including phenoxy) is 9. The molecule has 7 aromatic rings. The van der Waals surface area contributed by atoms with Crippen LogP contribution in [0.3, 0.4) is 0 Å². The lowest BCUT2D eigenvalue weighted by molar-refractivity contribution is -0.134. The molecule has 410 valence electrons. The van der Waals surface area contributed by atoms with Crippen LogP contribution in [0.5, 0.6) is 58.0 Å². The third-order valence-corrected chi connectivity index (χ3v) is 12.5. The van der Waals surface area contributed by atoms with Gasteiger partial charge in [0.05, 0.1) is 59.0 Å². The van der Waals surface area contributed by atoms with E-state index >= 15 is 0 Å². The van der Waals surface area contributed by atoms with Gasteiger partial charge < -0.3 is 56.6 Å². The number of rotatable bonds is 16. The van der Waals surface area contributed by atoms with Crippen molar-refractivity contribution in [3.8, 4) is 58.0 Å². The standard InChI is InChI=1S/C23H19BN2O5.C18H18BNO5.C17H16BNO6/c1-4-23(27)30-18-7-9-20(21(12-18)31-22-10-5-16(25-3)13-26-22)29-17-6-8-19-15(11-17)14-28-24(19)2;1-4-22-17-14(18(21)23-5-2)7-9-16(20-17)25-13-6-8-15-12(10-13)11-24-19(15)3;1-18-13-6-4-11(8-10(13)9-24-18)25-14-7-5-12(16(20)22-2)15(19-14)17(21)23-3/h5-13H,4,14H2,1-2H3;5-10H,2,4,11H2,1,3H3;4-8H,9H2,1-3H3. The lowest BCUT2D eigenvalue weighted by atomic mass is 9.64. The van der Waals surface area contributed by atoms with Crippen molar-refractivity contribution < 1.29 is 75.8 Å². The van der Waals surface area contributed by atoms with E-state index in [4.69, 9.17) is 53.7 Å². The van der Waals surface area contributed by atoms with Crippen molar-refractivity contribution >= 4 is 66.7 Å². The van der Waals surface area contributed by atoms with E-state index in [-0.39, 0.29) is 67.6 Å². The van der Waals surface area contributed by atoms with E-state index < -0.39 is 17.9 Å². The number of benzene rings is 4. The number of hydrogen-bond acceptors (Lipinski definition) is 19. The number of pyridine rings is 3. The molecule has 3 aromatic heterocycles. The van der Waals surface area contributed by atoms with Crippen molar-refractivity contribution in [1.82, 2.24) is 15.0 Å². The summed E-state index contributed by atoms with van der Waals surface area (Å²) in [4.78, 5) is 63.0. The molecule has 0 N–H and O–H groups in total. The average molecular weight is 1090 g/mol. The van der Waals surface area contributed by atoms with Crippen LogP contribution >= 0.6 is 0 Å². The van der Waals surface area contributed by atoms with E-state index in [0.717, 1.165) is 39.3 Å². The summed E-state index contributed by atoms with van der Waals surface area (Å²) in [5.41, 5.74) is 7.13. The van der Waals surface area contributed by atoms with Gasteiger partial charge in [-0.05, 0) is 113 Å². The maximum Gasteiger partial charge on any atom is 0.357 e. The van der Waals surface area contributed by atoms with Crippen LogP contribution in [0.25, 0.3) is 4.85 Å². The number of carbonyl (C=O) groups excluding carboxylic acids is 4. The molecular formula is C58H53B3N4O16. The van der Waals surface area contributed by atoms with Gasteiger partial charge in [-0.15, -0.1) is 0 Å². The zero-order chi connectivity index (χ0) is 57.6. The van der Waals surface area contributed by atoms with Crippen LogP contribution in [0.15, 0.2) is 128 Å². The van der Waals surface area contributed by atoms with Crippen molar-refractivity contribution in [1.29, 1.82) is 0 Å². The van der Waals surface area contributed by atoms with Gasteiger partial charge in [0.1, 0.15) is 28.6 Å². The summed E-state index contributed by atoms with van der Waals surface area (Å²) >= 11 is 0. The first-order valence-corrected chi connectivity index (χ1v) is 25.5. The maximum atomic E-state index is 11.9. The highest BCUT2D eigenvalue weighted by molar-refractivity contribution is 6.68. The van der Waals surface area contributed by atoms with Crippen molar-refractivity contribution in [3.63, 3.8) is 0 Å². The summed E-state index contributed by atoms with van der Waals surface area (Å²) < 4.78 is 65.1. The van der Waals surface area contributed by atoms with Gasteiger partial charge in [0, 0.05) is 30.8 Å². The molecule has 0 saturated carbocycles. The molecule has 10 rings (SSSR count). The third kappa shape index (κ3) is 14.4. The molecule has 3 aliphatic heterocycles. The quantitative estimate of drug-likeness (QED) is 0.0219. The van der Waals surface area contributed by atoms with Crippen LogP contribution in [0, 0.1) is 6.57 Å². The highest BCUT2D eigenvalue weighted by Gasteiger charge is 2.27. The Hall–Kier alpha value is -9.49. The number of nitrogens with zero attached hydrogens (tertiary/aromatic N) is 4. The molecule has 0 amide bonds. The molecule has 20 nitrogen and oxygen atoms in total. The highest BCUT2D eigenvalue weighted by Crippen LogP contribution is 2.38. The first-order valence-electron chi connectivity index (χ1n) is 25.5. The minimum Gasteiger partial charge on any atom is -0.477 e. The van der Waals surface area contributed by atoms with Crippen LogP contribution in [0.1, 0.15) is 68.2 Å². The lowest BCUT2D eigenvalue weighted by Crippen LogP contribution is -2.23. The van der Waals surface area contributed by atoms with E-state index in [1.807, 2.05) is 69.0 Å². The van der Waals surface area contributed by atoms with Crippen molar-refractivity contribution in [2.75, 3.05) is 20.8 Å². The van der Waals surface area contributed by atoms with Crippen LogP contribution < -0.4 is 44.8 Å². The molecule has 0 fully saturated rings. The Kier molecular flexibility index (Phi) is 19.2. The zero-order valence-corrected chi connectivity index (χ0v) is 45.3. The number of hydrogen-bond donors (Lipinski definition) is 0. The van der Waals surface area contributed by atoms with Gasteiger partial charge in [-0.2, -0.15) is 4.98 Å². The lowest BCUT2D eigenvalue weighted by Gasteiger charge is -2.14. The molecule has 0 atom stereocenters. The van der Waals surface area contributed by atoms with Gasteiger partial charge >= 0.3 is 44.6 Å². The Bertz CT molecular complexity index is 3520. The minimum absolute atomic E-state index is 0.0119. The van der Waals surface area contributed by atoms with Crippen LogP contribution in [-0.4, -0.2) is 80.4 Å². The normalized spacial score (nSPS) is 12.3. The number of aromatic nitrogens is 3. The largest absolute Gasteiger partial charge is 0.477 e. The Balaban J connectivity index is 0.000000161. The second kappa shape index (κ2) is 26.9. The molecule has 0 aliphatic carbocycles. The van der Waals surface area contributed by atoms with E-state index in [1.54, 1.807) is 62.4 Å². The fraction of sp³-hybridized carbons (Fsp3) is 0.207. The fourth-order valence-corrected chi connectivity index (χ4v) is 8.36. The Morgan fingerprint density at radius 2 is 1.14 bits per heavy atom. The van der Waals surface area contributed by atoms with Gasteiger partial charge in [0.25, 0.3) is 0 Å². The summed E-state index contributed by atoms with van der Waals surface area (Å²) in [6.07, 6.45) is 2.74. The van der Waals surface area contributed by atoms with Crippen molar-refractivity contribution in [2.45, 2.75) is 60.6 Å².